The van der Waals surface area contributed by atoms with Gasteiger partial charge in [0.15, 0.2) is 0 Å². The quantitative estimate of drug-likeness (QED) is 0.681. The number of benzene rings is 1. The van der Waals surface area contributed by atoms with Crippen molar-refractivity contribution in [2.45, 2.75) is 32.6 Å². The third-order valence-electron chi connectivity index (χ3n) is 3.35. The zero-order valence-electron chi connectivity index (χ0n) is 13.6. The zero-order valence-corrected chi connectivity index (χ0v) is 13.6. The average Bonchev–Trinajstić information content (AvgIpc) is 2.41. The molecule has 0 saturated carbocycles. The first-order chi connectivity index (χ1) is 9.43. The normalized spacial score (nSPS) is 11.9. The van der Waals surface area contributed by atoms with Crippen molar-refractivity contribution in [3.05, 3.63) is 29.8 Å². The van der Waals surface area contributed by atoms with Gasteiger partial charge in [0, 0.05) is 20.2 Å². The van der Waals surface area contributed by atoms with Gasteiger partial charge in [0.2, 0.25) is 0 Å². The van der Waals surface area contributed by atoms with Crippen molar-refractivity contribution < 1.29 is 9.47 Å². The van der Waals surface area contributed by atoms with Crippen molar-refractivity contribution in [3.8, 4) is 5.75 Å². The number of methoxy groups -OCH3 is 1. The summed E-state index contributed by atoms with van der Waals surface area (Å²) in [5, 5.41) is 0. The summed E-state index contributed by atoms with van der Waals surface area (Å²) >= 11 is 0. The lowest BCUT2D eigenvalue weighted by Crippen LogP contribution is -2.25. The molecule has 3 nitrogen and oxygen atoms in total. The van der Waals surface area contributed by atoms with Crippen LogP contribution in [0.15, 0.2) is 24.3 Å². The molecule has 0 amide bonds. The lowest BCUT2D eigenvalue weighted by atomic mass is 9.87. The van der Waals surface area contributed by atoms with Crippen LogP contribution < -0.4 is 4.74 Å². The number of nitrogens with zero attached hydrogens (tertiary/aromatic N) is 1. The van der Waals surface area contributed by atoms with Crippen LogP contribution in [0.3, 0.4) is 0 Å². The fourth-order valence-electron chi connectivity index (χ4n) is 1.93. The maximum atomic E-state index is 5.77. The second kappa shape index (κ2) is 8.28. The number of rotatable bonds is 8. The highest BCUT2D eigenvalue weighted by Gasteiger charge is 2.12. The van der Waals surface area contributed by atoms with Crippen LogP contribution in [0, 0.1) is 0 Å². The minimum absolute atomic E-state index is 0.197. The van der Waals surface area contributed by atoms with E-state index in [1.165, 1.54) is 5.56 Å². The molecule has 3 heteroatoms. The van der Waals surface area contributed by atoms with Crippen LogP contribution in [-0.2, 0) is 10.2 Å². The Morgan fingerprint density at radius 2 is 1.65 bits per heavy atom. The summed E-state index contributed by atoms with van der Waals surface area (Å²) in [7, 11) is 3.84. The molecule has 0 saturated heterocycles. The highest BCUT2D eigenvalue weighted by Crippen LogP contribution is 2.24. The van der Waals surface area contributed by atoms with Crippen LogP contribution in [0.25, 0.3) is 0 Å². The number of likely N-dealkylation sites (N-methyl/N-ethyl adjacent to an activating group) is 1. The van der Waals surface area contributed by atoms with Crippen LogP contribution in [0.2, 0.25) is 0 Å². The highest BCUT2D eigenvalue weighted by atomic mass is 16.5. The molecule has 0 N–H and O–H groups in total. The molecule has 1 rings (SSSR count). The van der Waals surface area contributed by atoms with Gasteiger partial charge < -0.3 is 14.4 Å². The van der Waals surface area contributed by atoms with Gasteiger partial charge in [0.1, 0.15) is 5.75 Å². The Bertz CT molecular complexity index is 368. The SMILES string of the molecule is COCCN(C)CCCOc1ccc(C(C)(C)C)cc1. The molecule has 1 aromatic rings. The first-order valence-corrected chi connectivity index (χ1v) is 7.34. The molecule has 1 aromatic carbocycles. The van der Waals surface area contributed by atoms with Gasteiger partial charge in [-0.2, -0.15) is 0 Å². The fraction of sp³-hybridized carbons (Fsp3) is 0.647. The molecule has 114 valence electrons. The van der Waals surface area contributed by atoms with E-state index in [0.29, 0.717) is 0 Å². The molecule has 0 aliphatic carbocycles. The predicted octanol–water partition coefficient (Wildman–Crippen LogP) is 3.33. The van der Waals surface area contributed by atoms with Gasteiger partial charge in [0.05, 0.1) is 13.2 Å². The van der Waals surface area contributed by atoms with Gasteiger partial charge >= 0.3 is 0 Å². The minimum atomic E-state index is 0.197. The lowest BCUT2D eigenvalue weighted by Gasteiger charge is -2.19. The fourth-order valence-corrected chi connectivity index (χ4v) is 1.93. The van der Waals surface area contributed by atoms with Crippen molar-refractivity contribution >= 4 is 0 Å². The van der Waals surface area contributed by atoms with E-state index in [9.17, 15) is 0 Å². The molecule has 0 heterocycles. The van der Waals surface area contributed by atoms with Crippen molar-refractivity contribution in [3.63, 3.8) is 0 Å². The summed E-state index contributed by atoms with van der Waals surface area (Å²) in [6.07, 6.45) is 1.03. The molecule has 0 aliphatic rings. The second-order valence-corrected chi connectivity index (χ2v) is 6.27. The molecular weight excluding hydrogens is 250 g/mol. The number of ether oxygens (including phenoxy) is 2. The molecule has 0 atom stereocenters. The van der Waals surface area contributed by atoms with E-state index in [4.69, 9.17) is 9.47 Å². The topological polar surface area (TPSA) is 21.7 Å². The van der Waals surface area contributed by atoms with Crippen molar-refractivity contribution in [1.29, 1.82) is 0 Å². The molecule has 0 radical (unpaired) electrons. The van der Waals surface area contributed by atoms with Crippen LogP contribution in [-0.4, -0.2) is 45.4 Å². The third-order valence-corrected chi connectivity index (χ3v) is 3.35. The lowest BCUT2D eigenvalue weighted by molar-refractivity contribution is 0.157. The molecule has 0 fully saturated rings. The molecule has 0 spiro atoms. The monoisotopic (exact) mass is 279 g/mol. The summed E-state index contributed by atoms with van der Waals surface area (Å²) in [4.78, 5) is 2.26. The summed E-state index contributed by atoms with van der Waals surface area (Å²) < 4.78 is 10.8. The standard InChI is InChI=1S/C17H29NO2/c1-17(2,3)15-7-9-16(10-8-15)20-13-6-11-18(4)12-14-19-5/h7-10H,6,11-14H2,1-5H3. The molecule has 0 aliphatic heterocycles. The van der Waals surface area contributed by atoms with Gasteiger partial charge in [-0.3, -0.25) is 0 Å². The average molecular weight is 279 g/mol. The second-order valence-electron chi connectivity index (χ2n) is 6.27. The summed E-state index contributed by atoms with van der Waals surface area (Å²) in [5.41, 5.74) is 1.53. The number of hydrogen-bond acceptors (Lipinski definition) is 3. The van der Waals surface area contributed by atoms with E-state index >= 15 is 0 Å². The van der Waals surface area contributed by atoms with E-state index in [2.05, 4.69) is 57.0 Å². The van der Waals surface area contributed by atoms with E-state index < -0.39 is 0 Å². The van der Waals surface area contributed by atoms with Gasteiger partial charge in [0.25, 0.3) is 0 Å². The Morgan fingerprint density at radius 1 is 1.00 bits per heavy atom. The molecular formula is C17H29NO2. The van der Waals surface area contributed by atoms with Crippen LogP contribution in [0.4, 0.5) is 0 Å². The first kappa shape index (κ1) is 17.0. The summed E-state index contributed by atoms with van der Waals surface area (Å²) in [5.74, 6) is 0.956. The van der Waals surface area contributed by atoms with Crippen molar-refractivity contribution in [2.75, 3.05) is 40.5 Å². The highest BCUT2D eigenvalue weighted by molar-refractivity contribution is 5.31. The molecule has 0 unspecified atom stereocenters. The van der Waals surface area contributed by atoms with Crippen molar-refractivity contribution in [2.24, 2.45) is 0 Å². The summed E-state index contributed by atoms with van der Waals surface area (Å²) in [6, 6.07) is 8.44. The van der Waals surface area contributed by atoms with Crippen LogP contribution >= 0.6 is 0 Å². The smallest absolute Gasteiger partial charge is 0.119 e. The molecule has 20 heavy (non-hydrogen) atoms. The molecule has 0 aromatic heterocycles. The summed E-state index contributed by atoms with van der Waals surface area (Å²) in [6.45, 7) is 10.2. The Labute approximate surface area is 123 Å². The van der Waals surface area contributed by atoms with Gasteiger partial charge in [-0.1, -0.05) is 32.9 Å². The van der Waals surface area contributed by atoms with Gasteiger partial charge in [-0.25, -0.2) is 0 Å². The first-order valence-electron chi connectivity index (χ1n) is 7.34. The van der Waals surface area contributed by atoms with E-state index in [0.717, 1.165) is 38.5 Å². The van der Waals surface area contributed by atoms with Crippen LogP contribution in [0.5, 0.6) is 5.75 Å². The Kier molecular flexibility index (Phi) is 7.03. The van der Waals surface area contributed by atoms with Crippen LogP contribution in [0.1, 0.15) is 32.8 Å². The Balaban J connectivity index is 2.26. The van der Waals surface area contributed by atoms with Gasteiger partial charge in [-0.05, 0) is 36.6 Å². The van der Waals surface area contributed by atoms with Crippen molar-refractivity contribution in [1.82, 2.24) is 4.90 Å². The maximum absolute atomic E-state index is 5.77. The number of hydrogen-bond donors (Lipinski definition) is 0. The van der Waals surface area contributed by atoms with Gasteiger partial charge in [-0.15, -0.1) is 0 Å². The largest absolute Gasteiger partial charge is 0.494 e. The predicted molar refractivity (Wildman–Crippen MR) is 84.6 cm³/mol. The van der Waals surface area contributed by atoms with E-state index in [1.807, 2.05) is 0 Å². The Hall–Kier alpha value is -1.06. The molecule has 0 bridgehead atoms. The minimum Gasteiger partial charge on any atom is -0.494 e. The Morgan fingerprint density at radius 3 is 2.20 bits per heavy atom. The third kappa shape index (κ3) is 6.40. The zero-order chi connectivity index (χ0) is 15.0. The van der Waals surface area contributed by atoms with E-state index in [1.54, 1.807) is 7.11 Å². The maximum Gasteiger partial charge on any atom is 0.119 e. The van der Waals surface area contributed by atoms with E-state index in [-0.39, 0.29) is 5.41 Å².